The van der Waals surface area contributed by atoms with E-state index in [1.165, 1.54) is 15.2 Å². The molecule has 0 saturated carbocycles. The molecule has 0 atom stereocenters. The van der Waals surface area contributed by atoms with Crippen LogP contribution in [0.2, 0.25) is 0 Å². The minimum Gasteiger partial charge on any atom is -0.497 e. The van der Waals surface area contributed by atoms with Crippen LogP contribution in [0.3, 0.4) is 0 Å². The minimum atomic E-state index is -3.80. The van der Waals surface area contributed by atoms with Crippen LogP contribution in [0.5, 0.6) is 5.75 Å². The zero-order valence-electron chi connectivity index (χ0n) is 15.2. The first kappa shape index (κ1) is 19.7. The van der Waals surface area contributed by atoms with Crippen molar-refractivity contribution in [1.82, 2.24) is 19.4 Å². The number of ether oxygens (including phenoxy) is 1. The summed E-state index contributed by atoms with van der Waals surface area (Å²) in [6, 6.07) is 7.28. The summed E-state index contributed by atoms with van der Waals surface area (Å²) < 4.78 is 33.7. The molecular formula is C17H22N4O4S2. The Hall–Kier alpha value is -2.04. The van der Waals surface area contributed by atoms with Gasteiger partial charge in [0.15, 0.2) is 0 Å². The lowest BCUT2D eigenvalue weighted by atomic mass is 10.2. The highest BCUT2D eigenvalue weighted by atomic mass is 32.2. The first-order chi connectivity index (χ1) is 12.9. The molecule has 0 aliphatic carbocycles. The predicted octanol–water partition coefficient (Wildman–Crippen LogP) is 1.10. The number of hydrogen-bond acceptors (Lipinski definition) is 6. The molecule has 8 nitrogen and oxygen atoms in total. The summed E-state index contributed by atoms with van der Waals surface area (Å²) in [5.74, 6) is 1.74. The first-order valence-corrected chi connectivity index (χ1v) is 11.0. The van der Waals surface area contributed by atoms with Gasteiger partial charge in [-0.05, 0) is 17.7 Å². The first-order valence-electron chi connectivity index (χ1n) is 8.44. The van der Waals surface area contributed by atoms with E-state index in [4.69, 9.17) is 4.74 Å². The van der Waals surface area contributed by atoms with E-state index < -0.39 is 15.9 Å². The fourth-order valence-electron chi connectivity index (χ4n) is 2.74. The molecule has 1 aromatic carbocycles. The average Bonchev–Trinajstić information content (AvgIpc) is 3.10. The van der Waals surface area contributed by atoms with Gasteiger partial charge in [0.1, 0.15) is 5.75 Å². The van der Waals surface area contributed by atoms with Gasteiger partial charge in [-0.15, -0.1) is 0 Å². The topological polar surface area (TPSA) is 93.5 Å². The van der Waals surface area contributed by atoms with Crippen molar-refractivity contribution in [2.75, 3.05) is 31.7 Å². The summed E-state index contributed by atoms with van der Waals surface area (Å²) in [5, 5.41) is 6.63. The number of nitrogens with zero attached hydrogens (tertiary/aromatic N) is 3. The Morgan fingerprint density at radius 2 is 1.93 bits per heavy atom. The molecule has 146 valence electrons. The summed E-state index contributed by atoms with van der Waals surface area (Å²) in [7, 11) is -0.610. The molecule has 1 aliphatic heterocycles. The van der Waals surface area contributed by atoms with Crippen molar-refractivity contribution in [2.24, 2.45) is 7.05 Å². The average molecular weight is 411 g/mol. The zero-order valence-corrected chi connectivity index (χ0v) is 16.8. The number of rotatable bonds is 6. The molecule has 1 saturated heterocycles. The van der Waals surface area contributed by atoms with Gasteiger partial charge in [-0.3, -0.25) is 9.48 Å². The largest absolute Gasteiger partial charge is 0.497 e. The molecule has 1 N–H and O–H groups in total. The Labute approximate surface area is 162 Å². The van der Waals surface area contributed by atoms with Crippen molar-refractivity contribution in [1.29, 1.82) is 0 Å². The maximum atomic E-state index is 12.9. The van der Waals surface area contributed by atoms with E-state index >= 15 is 0 Å². The van der Waals surface area contributed by atoms with Crippen molar-refractivity contribution in [3.05, 3.63) is 41.6 Å². The third kappa shape index (κ3) is 4.45. The van der Waals surface area contributed by atoms with Crippen LogP contribution in [-0.2, 0) is 23.6 Å². The van der Waals surface area contributed by atoms with Gasteiger partial charge >= 0.3 is 0 Å². The Balaban J connectivity index is 1.76. The molecule has 0 bridgehead atoms. The van der Waals surface area contributed by atoms with E-state index in [-0.39, 0.29) is 17.1 Å². The smallest absolute Gasteiger partial charge is 0.263 e. The number of methoxy groups -OCH3 is 1. The highest BCUT2D eigenvalue weighted by Crippen LogP contribution is 2.22. The van der Waals surface area contributed by atoms with Crippen LogP contribution in [-0.4, -0.2) is 60.1 Å². The monoisotopic (exact) mass is 410 g/mol. The highest BCUT2D eigenvalue weighted by molar-refractivity contribution is 7.99. The summed E-state index contributed by atoms with van der Waals surface area (Å²) >= 11 is 1.71. The fraction of sp³-hybridized carbons (Fsp3) is 0.412. The lowest BCUT2D eigenvalue weighted by Crippen LogP contribution is -2.39. The molecule has 27 heavy (non-hydrogen) atoms. The van der Waals surface area contributed by atoms with E-state index in [0.29, 0.717) is 13.1 Å². The highest BCUT2D eigenvalue weighted by Gasteiger charge is 2.33. The second kappa shape index (κ2) is 8.32. The van der Waals surface area contributed by atoms with Gasteiger partial charge in [-0.2, -0.15) is 21.2 Å². The Morgan fingerprint density at radius 1 is 1.26 bits per heavy atom. The predicted molar refractivity (Wildman–Crippen MR) is 103 cm³/mol. The maximum absolute atomic E-state index is 12.9. The molecule has 1 amide bonds. The van der Waals surface area contributed by atoms with Crippen LogP contribution in [0.25, 0.3) is 0 Å². The van der Waals surface area contributed by atoms with E-state index in [1.807, 2.05) is 12.1 Å². The van der Waals surface area contributed by atoms with Gasteiger partial charge in [0, 0.05) is 44.4 Å². The Bertz CT molecular complexity index is 904. The van der Waals surface area contributed by atoms with Crippen molar-refractivity contribution in [3.8, 4) is 5.75 Å². The quantitative estimate of drug-likeness (QED) is 0.766. The second-order valence-corrected chi connectivity index (χ2v) is 9.15. The van der Waals surface area contributed by atoms with Gasteiger partial charge in [0.25, 0.3) is 15.9 Å². The van der Waals surface area contributed by atoms with Crippen LogP contribution >= 0.6 is 11.8 Å². The third-order valence-corrected chi connectivity index (χ3v) is 6.98. The van der Waals surface area contributed by atoms with Gasteiger partial charge < -0.3 is 10.1 Å². The number of carbonyl (C=O) groups is 1. The van der Waals surface area contributed by atoms with Crippen molar-refractivity contribution in [3.63, 3.8) is 0 Å². The van der Waals surface area contributed by atoms with Crippen LogP contribution in [0.15, 0.2) is 35.5 Å². The van der Waals surface area contributed by atoms with Crippen molar-refractivity contribution >= 4 is 27.7 Å². The van der Waals surface area contributed by atoms with E-state index in [0.717, 1.165) is 22.8 Å². The fourth-order valence-corrected chi connectivity index (χ4v) is 5.44. The molecule has 1 fully saturated rings. The Kier molecular flexibility index (Phi) is 6.08. The number of benzene rings is 1. The van der Waals surface area contributed by atoms with Crippen LogP contribution in [0, 0.1) is 0 Å². The zero-order chi connectivity index (χ0) is 19.4. The summed E-state index contributed by atoms with van der Waals surface area (Å²) in [4.78, 5) is 12.6. The summed E-state index contributed by atoms with van der Waals surface area (Å²) in [5.41, 5.74) is 0.940. The number of thioether (sulfide) groups is 1. The van der Waals surface area contributed by atoms with Crippen LogP contribution in [0.1, 0.15) is 15.9 Å². The molecule has 1 aliphatic rings. The number of aromatic nitrogens is 2. The molecule has 2 heterocycles. The SMILES string of the molecule is COc1ccc(CNC(=O)c2cn(C)nc2S(=O)(=O)N2CCSCC2)cc1. The number of hydrogen-bond donors (Lipinski definition) is 1. The van der Waals surface area contributed by atoms with E-state index in [2.05, 4.69) is 10.4 Å². The number of sulfonamides is 1. The van der Waals surface area contributed by atoms with Crippen molar-refractivity contribution in [2.45, 2.75) is 11.6 Å². The van der Waals surface area contributed by atoms with Crippen molar-refractivity contribution < 1.29 is 17.9 Å². The van der Waals surface area contributed by atoms with Gasteiger partial charge in [-0.1, -0.05) is 12.1 Å². The third-order valence-electron chi connectivity index (χ3n) is 4.21. The lowest BCUT2D eigenvalue weighted by Gasteiger charge is -2.24. The minimum absolute atomic E-state index is 0.0595. The van der Waals surface area contributed by atoms with E-state index in [1.54, 1.807) is 38.1 Å². The molecule has 0 unspecified atom stereocenters. The normalized spacial score (nSPS) is 15.5. The van der Waals surface area contributed by atoms with E-state index in [9.17, 15) is 13.2 Å². The van der Waals surface area contributed by atoms with Gasteiger partial charge in [0.2, 0.25) is 5.03 Å². The summed E-state index contributed by atoms with van der Waals surface area (Å²) in [6.07, 6.45) is 1.44. The standard InChI is InChI=1S/C17H22N4O4S2/c1-20-12-15(16(22)18-11-13-3-5-14(25-2)6-4-13)17(19-20)27(23,24)21-7-9-26-10-8-21/h3-6,12H,7-11H2,1-2H3,(H,18,22). The molecule has 10 heteroatoms. The molecule has 0 radical (unpaired) electrons. The molecule has 3 rings (SSSR count). The van der Waals surface area contributed by atoms with Gasteiger partial charge in [0.05, 0.1) is 12.7 Å². The summed E-state index contributed by atoms with van der Waals surface area (Å²) in [6.45, 7) is 1.13. The Morgan fingerprint density at radius 3 is 2.56 bits per heavy atom. The number of carbonyl (C=O) groups excluding carboxylic acids is 1. The second-order valence-electron chi connectivity index (χ2n) is 6.07. The molecule has 2 aromatic rings. The molecular weight excluding hydrogens is 388 g/mol. The van der Waals surface area contributed by atoms with Crippen LogP contribution < -0.4 is 10.1 Å². The molecule has 1 aromatic heterocycles. The lowest BCUT2D eigenvalue weighted by molar-refractivity contribution is 0.0947. The number of amides is 1. The number of aryl methyl sites for hydroxylation is 1. The molecule has 0 spiro atoms. The van der Waals surface area contributed by atoms with Crippen LogP contribution in [0.4, 0.5) is 0 Å². The van der Waals surface area contributed by atoms with Gasteiger partial charge in [-0.25, -0.2) is 8.42 Å². The number of nitrogens with one attached hydrogen (secondary N) is 1. The maximum Gasteiger partial charge on any atom is 0.263 e.